The fraction of sp³-hybridized carbons (Fsp3) is 0.318. The van der Waals surface area contributed by atoms with E-state index < -0.39 is 70.8 Å². The first-order chi connectivity index (χ1) is 14.9. The summed E-state index contributed by atoms with van der Waals surface area (Å²) >= 11 is 0. The molecule has 10 nitrogen and oxygen atoms in total. The van der Waals surface area contributed by atoms with E-state index in [1.807, 2.05) is 0 Å². The second-order valence-corrected chi connectivity index (χ2v) is 7.23. The largest absolute Gasteiger partial charge is 0.481 e. The molecule has 1 aliphatic rings. The number of likely N-dealkylation sites (tertiary alicyclic amines) is 1. The first kappa shape index (κ1) is 26.1. The second kappa shape index (κ2) is 9.46. The van der Waals surface area contributed by atoms with Crippen molar-refractivity contribution in [3.05, 3.63) is 63.4 Å². The van der Waals surface area contributed by atoms with Crippen LogP contribution in [0, 0.1) is 34.5 Å². The third kappa shape index (κ3) is 3.33. The van der Waals surface area contributed by atoms with E-state index in [1.165, 1.54) is 0 Å². The number of carbonyl (C=O) groups is 5. The normalized spacial score (nSPS) is 26.1. The number of nitrogens with zero attached hydrogens (tertiary/aromatic N) is 1. The average molecular weight is 447 g/mol. The molecule has 1 heterocycles. The molecule has 1 fully saturated rings. The van der Waals surface area contributed by atoms with Gasteiger partial charge in [0.1, 0.15) is 0 Å². The lowest BCUT2D eigenvalue weighted by Crippen LogP contribution is -2.63. The van der Waals surface area contributed by atoms with Crippen molar-refractivity contribution in [3.63, 3.8) is 0 Å². The lowest BCUT2D eigenvalue weighted by Gasteiger charge is -2.51. The highest BCUT2D eigenvalue weighted by atomic mass is 16.4. The number of amides is 1. The summed E-state index contributed by atoms with van der Waals surface area (Å²) in [5.41, 5.74) is -5.09. The summed E-state index contributed by atoms with van der Waals surface area (Å²) in [7, 11) is 0. The quantitative estimate of drug-likeness (QED) is 0.305. The first-order valence-electron chi connectivity index (χ1n) is 9.25. The van der Waals surface area contributed by atoms with Gasteiger partial charge in [0.2, 0.25) is 5.91 Å². The number of aliphatic carboxylic acids is 4. The summed E-state index contributed by atoms with van der Waals surface area (Å²) in [5.74, 6) is -15.7. The maximum absolute atomic E-state index is 13.7. The van der Waals surface area contributed by atoms with Gasteiger partial charge < -0.3 is 25.3 Å². The van der Waals surface area contributed by atoms with Gasteiger partial charge in [0.05, 0.1) is 29.1 Å². The summed E-state index contributed by atoms with van der Waals surface area (Å²) in [6.45, 7) is 16.5. The van der Waals surface area contributed by atoms with E-state index in [4.69, 9.17) is 0 Å². The number of carboxylic acids is 4. The topological polar surface area (TPSA) is 170 Å². The molecule has 32 heavy (non-hydrogen) atoms. The minimum atomic E-state index is -2.70. The molecule has 0 aromatic rings. The van der Waals surface area contributed by atoms with E-state index >= 15 is 0 Å². The van der Waals surface area contributed by atoms with Gasteiger partial charge in [-0.1, -0.05) is 30.9 Å². The highest BCUT2D eigenvalue weighted by molar-refractivity contribution is 5.99. The molecular formula is C22H25NO9. The molecule has 0 aromatic carbocycles. The molecule has 0 radical (unpaired) electrons. The van der Waals surface area contributed by atoms with Crippen LogP contribution in [0.1, 0.15) is 0 Å². The van der Waals surface area contributed by atoms with Crippen molar-refractivity contribution in [2.24, 2.45) is 34.5 Å². The average Bonchev–Trinajstić information content (AvgIpc) is 2.93. The lowest BCUT2D eigenvalue weighted by molar-refractivity contribution is -0.180. The van der Waals surface area contributed by atoms with Gasteiger partial charge in [0.15, 0.2) is 0 Å². The Morgan fingerprint density at radius 2 is 1.03 bits per heavy atom. The molecule has 1 aliphatic heterocycles. The molecular weight excluding hydrogens is 422 g/mol. The van der Waals surface area contributed by atoms with E-state index in [2.05, 4.69) is 32.9 Å². The van der Waals surface area contributed by atoms with Gasteiger partial charge in [-0.2, -0.15) is 0 Å². The van der Waals surface area contributed by atoms with Gasteiger partial charge in [-0.25, -0.2) is 0 Å². The summed E-state index contributed by atoms with van der Waals surface area (Å²) in [6, 6.07) is 0. The monoisotopic (exact) mass is 447 g/mol. The Kier molecular flexibility index (Phi) is 7.71. The van der Waals surface area contributed by atoms with Crippen LogP contribution in [0.25, 0.3) is 0 Å². The molecule has 172 valence electrons. The van der Waals surface area contributed by atoms with Crippen LogP contribution in [0.4, 0.5) is 0 Å². The molecule has 4 atom stereocenters. The molecule has 10 heteroatoms. The van der Waals surface area contributed by atoms with Crippen molar-refractivity contribution in [3.8, 4) is 0 Å². The predicted molar refractivity (Wildman–Crippen MR) is 112 cm³/mol. The minimum Gasteiger partial charge on any atom is -0.481 e. The summed E-state index contributed by atoms with van der Waals surface area (Å²) in [6.07, 6.45) is 4.21. The first-order valence-corrected chi connectivity index (χ1v) is 9.25. The minimum absolute atomic E-state index is 0.684. The Morgan fingerprint density at radius 1 is 0.719 bits per heavy atom. The molecule has 1 rings (SSSR count). The van der Waals surface area contributed by atoms with Gasteiger partial charge >= 0.3 is 23.9 Å². The van der Waals surface area contributed by atoms with E-state index in [9.17, 15) is 44.4 Å². The van der Waals surface area contributed by atoms with E-state index in [0.29, 0.717) is 0 Å². The summed E-state index contributed by atoms with van der Waals surface area (Å²) < 4.78 is 0. The van der Waals surface area contributed by atoms with Crippen molar-refractivity contribution in [1.29, 1.82) is 0 Å². The molecule has 0 saturated carbocycles. The zero-order valence-electron chi connectivity index (χ0n) is 17.2. The Balaban J connectivity index is 4.57. The molecule has 0 bridgehead atoms. The fourth-order valence-electron chi connectivity index (χ4n) is 5.04. The number of hydrogen-bond acceptors (Lipinski definition) is 5. The van der Waals surface area contributed by atoms with Gasteiger partial charge in [0.25, 0.3) is 0 Å². The smallest absolute Gasteiger partial charge is 0.311 e. The molecule has 1 saturated heterocycles. The molecule has 0 spiro atoms. The van der Waals surface area contributed by atoms with Crippen LogP contribution in [0.2, 0.25) is 0 Å². The Morgan fingerprint density at radius 3 is 1.25 bits per heavy atom. The van der Waals surface area contributed by atoms with Gasteiger partial charge in [-0.05, 0) is 6.20 Å². The van der Waals surface area contributed by atoms with Crippen LogP contribution in [0.15, 0.2) is 63.4 Å². The Bertz CT molecular complexity index is 851. The third-order valence-corrected chi connectivity index (χ3v) is 6.14. The van der Waals surface area contributed by atoms with Crippen LogP contribution in [-0.2, 0) is 24.0 Å². The lowest BCUT2D eigenvalue weighted by atomic mass is 9.45. The standard InChI is InChI=1S/C22H25NO9/c1-6-12(16(24)25)21(13(7-2)17(26)27)11-23(10-5)20(32)22(21,14(8-3)18(28)29)15(9-4)19(30)31/h6-10,12-15H,1-5,11H2,(H,24,25)(H,26,27)(H,28,29)(H,30,31). The second-order valence-electron chi connectivity index (χ2n) is 7.23. The molecule has 0 aliphatic carbocycles. The molecule has 4 unspecified atom stereocenters. The van der Waals surface area contributed by atoms with Crippen LogP contribution >= 0.6 is 0 Å². The summed E-state index contributed by atoms with van der Waals surface area (Å²) in [5, 5.41) is 39.9. The van der Waals surface area contributed by atoms with Crippen LogP contribution in [0.3, 0.4) is 0 Å². The third-order valence-electron chi connectivity index (χ3n) is 6.14. The van der Waals surface area contributed by atoms with Crippen LogP contribution in [0.5, 0.6) is 0 Å². The van der Waals surface area contributed by atoms with E-state index in [0.717, 1.165) is 35.4 Å². The summed E-state index contributed by atoms with van der Waals surface area (Å²) in [4.78, 5) is 63.8. The van der Waals surface area contributed by atoms with Crippen LogP contribution < -0.4 is 0 Å². The SMILES string of the molecule is C=CC(C(=O)O)C1(C(C=C)C(=O)O)CN(C=C)C(=O)C1(C(C=C)C(=O)O)C(C=C)C(=O)O. The predicted octanol–water partition coefficient (Wildman–Crippen LogP) is 1.49. The number of rotatable bonds is 13. The molecule has 0 aromatic heterocycles. The van der Waals surface area contributed by atoms with E-state index in [1.54, 1.807) is 0 Å². The van der Waals surface area contributed by atoms with Crippen molar-refractivity contribution in [2.45, 2.75) is 0 Å². The van der Waals surface area contributed by atoms with E-state index in [-0.39, 0.29) is 0 Å². The molecule has 1 amide bonds. The zero-order chi connectivity index (χ0) is 25.0. The van der Waals surface area contributed by atoms with Gasteiger partial charge in [0, 0.05) is 12.0 Å². The van der Waals surface area contributed by atoms with Crippen LogP contribution in [-0.4, -0.2) is 61.7 Å². The fourth-order valence-corrected chi connectivity index (χ4v) is 5.04. The van der Waals surface area contributed by atoms with Gasteiger partial charge in [-0.3, -0.25) is 24.0 Å². The highest BCUT2D eigenvalue weighted by Gasteiger charge is 2.77. The van der Waals surface area contributed by atoms with Crippen molar-refractivity contribution < 1.29 is 44.4 Å². The molecule has 4 N–H and O–H groups in total. The maximum Gasteiger partial charge on any atom is 0.311 e. The number of carbonyl (C=O) groups excluding carboxylic acids is 1. The van der Waals surface area contributed by atoms with Gasteiger partial charge in [-0.15, -0.1) is 26.3 Å². The Labute approximate surface area is 184 Å². The highest BCUT2D eigenvalue weighted by Crippen LogP contribution is 2.65. The number of hydrogen-bond donors (Lipinski definition) is 4. The zero-order valence-corrected chi connectivity index (χ0v) is 17.2. The van der Waals surface area contributed by atoms with Crippen molar-refractivity contribution in [1.82, 2.24) is 4.90 Å². The van der Waals surface area contributed by atoms with Crippen molar-refractivity contribution in [2.75, 3.05) is 6.54 Å². The maximum atomic E-state index is 13.7. The van der Waals surface area contributed by atoms with Crippen molar-refractivity contribution >= 4 is 29.8 Å². The Hall–Kier alpha value is -3.95. The number of carboxylic acid groups (broad SMARTS) is 4.